The highest BCUT2D eigenvalue weighted by molar-refractivity contribution is 6.01. The van der Waals surface area contributed by atoms with Crippen molar-refractivity contribution < 1.29 is 24.0 Å². The third-order valence-electron chi connectivity index (χ3n) is 3.10. The van der Waals surface area contributed by atoms with E-state index in [0.29, 0.717) is 30.9 Å². The maximum atomic E-state index is 11.6. The quantitative estimate of drug-likeness (QED) is 0.159. The summed E-state index contributed by atoms with van der Waals surface area (Å²) in [6.07, 6.45) is 0.670. The highest BCUT2D eigenvalue weighted by Gasteiger charge is 2.33. The fourth-order valence-corrected chi connectivity index (χ4v) is 1.97. The van der Waals surface area contributed by atoms with Crippen LogP contribution in [0.15, 0.2) is 5.11 Å². The highest BCUT2D eigenvalue weighted by Crippen LogP contribution is 2.15. The van der Waals surface area contributed by atoms with Crippen molar-refractivity contribution in [3.63, 3.8) is 0 Å². The molecule has 1 aliphatic heterocycles. The number of hydrogen-bond acceptors (Lipinski definition) is 7. The zero-order valence-electron chi connectivity index (χ0n) is 12.5. The summed E-state index contributed by atoms with van der Waals surface area (Å²) in [7, 11) is 0. The minimum absolute atomic E-state index is 0.00107. The SMILES string of the molecule is N#CCC(CCCCCN=[N+]=[N-])OC(=O)ON1C(=O)CCC1=O. The standard InChI is InChI=1S/C13H17N5O5/c14-8-7-10(4-2-1-3-9-16-17-15)22-13(21)23-18-11(19)5-6-12(18)20/h10H,1-7,9H2. The van der Waals surface area contributed by atoms with Crippen molar-refractivity contribution in [2.75, 3.05) is 6.54 Å². The van der Waals surface area contributed by atoms with Crippen LogP contribution in [0.4, 0.5) is 4.79 Å². The topological polar surface area (TPSA) is 145 Å². The molecule has 1 saturated heterocycles. The molecule has 0 aromatic heterocycles. The van der Waals surface area contributed by atoms with Crippen LogP contribution in [0.1, 0.15) is 44.9 Å². The van der Waals surface area contributed by atoms with Gasteiger partial charge in [0.25, 0.3) is 11.8 Å². The van der Waals surface area contributed by atoms with Crippen LogP contribution in [0, 0.1) is 11.3 Å². The summed E-state index contributed by atoms with van der Waals surface area (Å²) in [5.41, 5.74) is 8.13. The zero-order chi connectivity index (χ0) is 17.1. The van der Waals surface area contributed by atoms with Crippen molar-refractivity contribution in [1.82, 2.24) is 5.06 Å². The normalized spacial score (nSPS) is 14.8. The first-order valence-electron chi connectivity index (χ1n) is 7.20. The van der Waals surface area contributed by atoms with Crippen molar-refractivity contribution in [1.29, 1.82) is 5.26 Å². The summed E-state index contributed by atoms with van der Waals surface area (Å²) in [5.74, 6) is -1.19. The molecule has 0 aromatic rings. The van der Waals surface area contributed by atoms with Gasteiger partial charge in [0.2, 0.25) is 0 Å². The number of rotatable bonds is 9. The minimum Gasteiger partial charge on any atom is -0.428 e. The predicted octanol–water partition coefficient (Wildman–Crippen LogP) is 2.36. The number of hydroxylamine groups is 2. The Morgan fingerprint density at radius 3 is 2.65 bits per heavy atom. The Morgan fingerprint density at radius 2 is 2.04 bits per heavy atom. The Balaban J connectivity index is 2.34. The van der Waals surface area contributed by atoms with Crippen LogP contribution in [0.2, 0.25) is 0 Å². The molecule has 1 aliphatic rings. The van der Waals surface area contributed by atoms with E-state index in [1.54, 1.807) is 0 Å². The number of azide groups is 1. The molecule has 0 N–H and O–H groups in total. The Bertz CT molecular complexity index is 521. The molecule has 10 heteroatoms. The number of nitriles is 1. The third kappa shape index (κ3) is 6.67. The highest BCUT2D eigenvalue weighted by atomic mass is 16.8. The number of unbranched alkanes of at least 4 members (excludes halogenated alkanes) is 2. The van der Waals surface area contributed by atoms with E-state index in [4.69, 9.17) is 15.5 Å². The van der Waals surface area contributed by atoms with Gasteiger partial charge >= 0.3 is 6.16 Å². The largest absolute Gasteiger partial charge is 0.534 e. The average molecular weight is 323 g/mol. The van der Waals surface area contributed by atoms with Crippen LogP contribution in [0.5, 0.6) is 0 Å². The second kappa shape index (κ2) is 10.0. The summed E-state index contributed by atoms with van der Waals surface area (Å²) in [6, 6.07) is 1.90. The first-order chi connectivity index (χ1) is 11.1. The van der Waals surface area contributed by atoms with E-state index in [1.165, 1.54) is 0 Å². The van der Waals surface area contributed by atoms with E-state index in [2.05, 4.69) is 14.9 Å². The lowest BCUT2D eigenvalue weighted by Crippen LogP contribution is -2.33. The molecule has 0 aromatic carbocycles. The number of carbonyl (C=O) groups is 3. The third-order valence-corrected chi connectivity index (χ3v) is 3.10. The molecule has 0 radical (unpaired) electrons. The molecular formula is C13H17N5O5. The number of ether oxygens (including phenoxy) is 1. The first kappa shape index (κ1) is 18.3. The number of carbonyl (C=O) groups excluding carboxylic acids is 3. The smallest absolute Gasteiger partial charge is 0.428 e. The Labute approximate surface area is 132 Å². The molecular weight excluding hydrogens is 306 g/mol. The molecule has 10 nitrogen and oxygen atoms in total. The van der Waals surface area contributed by atoms with Gasteiger partial charge in [0, 0.05) is 24.3 Å². The van der Waals surface area contributed by atoms with Gasteiger partial charge in [0.05, 0.1) is 12.5 Å². The number of imide groups is 1. The molecule has 124 valence electrons. The molecule has 0 spiro atoms. The summed E-state index contributed by atoms with van der Waals surface area (Å²) in [6.45, 7) is 0.390. The van der Waals surface area contributed by atoms with Gasteiger partial charge in [-0.15, -0.1) is 0 Å². The molecule has 1 unspecified atom stereocenters. The van der Waals surface area contributed by atoms with Gasteiger partial charge in [-0.3, -0.25) is 14.4 Å². The van der Waals surface area contributed by atoms with Gasteiger partial charge in [-0.05, 0) is 24.8 Å². The van der Waals surface area contributed by atoms with Gasteiger partial charge in [-0.2, -0.15) is 5.26 Å². The van der Waals surface area contributed by atoms with E-state index >= 15 is 0 Å². The Morgan fingerprint density at radius 1 is 1.35 bits per heavy atom. The van der Waals surface area contributed by atoms with Crippen LogP contribution >= 0.6 is 0 Å². The first-order valence-corrected chi connectivity index (χ1v) is 7.20. The minimum atomic E-state index is -1.18. The Hall–Kier alpha value is -2.79. The van der Waals surface area contributed by atoms with Gasteiger partial charge in [-0.1, -0.05) is 16.6 Å². The summed E-state index contributed by atoms with van der Waals surface area (Å²) in [4.78, 5) is 41.4. The van der Waals surface area contributed by atoms with Crippen molar-refractivity contribution in [2.45, 2.75) is 51.0 Å². The molecule has 1 rings (SSSR count). The van der Waals surface area contributed by atoms with E-state index in [9.17, 15) is 14.4 Å². The number of nitrogens with zero attached hydrogens (tertiary/aromatic N) is 5. The number of amides is 2. The van der Waals surface area contributed by atoms with Crippen LogP contribution in [0.25, 0.3) is 10.4 Å². The second-order valence-corrected chi connectivity index (χ2v) is 4.83. The lowest BCUT2D eigenvalue weighted by atomic mass is 10.1. The van der Waals surface area contributed by atoms with Gasteiger partial charge in [0.1, 0.15) is 6.10 Å². The summed E-state index contributed by atoms with van der Waals surface area (Å²) in [5, 5.41) is 12.5. The van der Waals surface area contributed by atoms with Crippen LogP contribution in [-0.4, -0.2) is 35.7 Å². The molecule has 0 aliphatic carbocycles. The fourth-order valence-electron chi connectivity index (χ4n) is 1.97. The van der Waals surface area contributed by atoms with Gasteiger partial charge in [0.15, 0.2) is 0 Å². The van der Waals surface area contributed by atoms with Crippen molar-refractivity contribution in [3.05, 3.63) is 10.4 Å². The monoisotopic (exact) mass is 323 g/mol. The van der Waals surface area contributed by atoms with E-state index in [1.807, 2.05) is 6.07 Å². The van der Waals surface area contributed by atoms with Crippen molar-refractivity contribution in [3.8, 4) is 6.07 Å². The molecule has 2 amide bonds. The molecule has 1 atom stereocenters. The average Bonchev–Trinajstić information content (AvgIpc) is 2.82. The Kier molecular flexibility index (Phi) is 7.96. The zero-order valence-corrected chi connectivity index (χ0v) is 12.5. The summed E-state index contributed by atoms with van der Waals surface area (Å²) >= 11 is 0. The van der Waals surface area contributed by atoms with Crippen LogP contribution in [-0.2, 0) is 19.2 Å². The van der Waals surface area contributed by atoms with E-state index in [-0.39, 0.29) is 19.3 Å². The maximum Gasteiger partial charge on any atom is 0.534 e. The predicted molar refractivity (Wildman–Crippen MR) is 75.2 cm³/mol. The van der Waals surface area contributed by atoms with Crippen LogP contribution < -0.4 is 0 Å². The van der Waals surface area contributed by atoms with Crippen molar-refractivity contribution in [2.24, 2.45) is 5.11 Å². The van der Waals surface area contributed by atoms with Crippen molar-refractivity contribution >= 4 is 18.0 Å². The maximum absolute atomic E-state index is 11.6. The lowest BCUT2D eigenvalue weighted by Gasteiger charge is -2.17. The fraction of sp³-hybridized carbons (Fsp3) is 0.692. The molecule has 23 heavy (non-hydrogen) atoms. The van der Waals surface area contributed by atoms with Gasteiger partial charge < -0.3 is 4.74 Å². The van der Waals surface area contributed by atoms with E-state index in [0.717, 1.165) is 6.42 Å². The lowest BCUT2D eigenvalue weighted by molar-refractivity contribution is -0.178. The van der Waals surface area contributed by atoms with Gasteiger partial charge in [-0.25, -0.2) is 4.79 Å². The molecule has 0 bridgehead atoms. The molecule has 0 saturated carbocycles. The van der Waals surface area contributed by atoms with Crippen LogP contribution in [0.3, 0.4) is 0 Å². The number of hydrogen-bond donors (Lipinski definition) is 0. The van der Waals surface area contributed by atoms with E-state index < -0.39 is 24.1 Å². The molecule has 1 fully saturated rings. The second-order valence-electron chi connectivity index (χ2n) is 4.83. The molecule has 1 heterocycles. The summed E-state index contributed by atoms with van der Waals surface area (Å²) < 4.78 is 4.97.